The average molecular weight is 315 g/mol. The molecule has 0 spiro atoms. The summed E-state index contributed by atoms with van der Waals surface area (Å²) >= 11 is 0. The highest BCUT2D eigenvalue weighted by Crippen LogP contribution is 2.45. The standard InChI is InChI=1S/C15H22N2O3.ClH/c1-19-9-8-15(6-3-7-15)14(18)17-11-4-5-13(20-2)12(16)10-11;/h4-5,10H,3,6-9,16H2,1-2H3,(H,17,18);1H. The molecule has 0 saturated heterocycles. The van der Waals surface area contributed by atoms with Crippen LogP contribution in [0.1, 0.15) is 25.7 Å². The second-order valence-corrected chi connectivity index (χ2v) is 5.29. The maximum Gasteiger partial charge on any atom is 0.230 e. The molecule has 0 heterocycles. The topological polar surface area (TPSA) is 73.6 Å². The molecular weight excluding hydrogens is 292 g/mol. The van der Waals surface area contributed by atoms with Crippen LogP contribution in [0.4, 0.5) is 11.4 Å². The number of nitrogens with two attached hydrogens (primary N) is 1. The third-order valence-corrected chi connectivity index (χ3v) is 4.06. The van der Waals surface area contributed by atoms with Gasteiger partial charge in [0.2, 0.25) is 5.91 Å². The molecule has 2 rings (SSSR count). The van der Waals surface area contributed by atoms with E-state index in [0.717, 1.165) is 25.7 Å². The molecule has 1 aliphatic rings. The third kappa shape index (κ3) is 3.80. The molecule has 1 fully saturated rings. The highest BCUT2D eigenvalue weighted by atomic mass is 35.5. The van der Waals surface area contributed by atoms with Gasteiger partial charge in [-0.1, -0.05) is 6.42 Å². The lowest BCUT2D eigenvalue weighted by molar-refractivity contribution is -0.131. The number of hydrogen-bond acceptors (Lipinski definition) is 4. The van der Waals surface area contributed by atoms with Crippen molar-refractivity contribution in [1.82, 2.24) is 0 Å². The molecule has 1 amide bonds. The van der Waals surface area contributed by atoms with E-state index < -0.39 is 0 Å². The molecule has 3 N–H and O–H groups in total. The number of anilines is 2. The van der Waals surface area contributed by atoms with E-state index in [1.54, 1.807) is 32.4 Å². The number of rotatable bonds is 6. The van der Waals surface area contributed by atoms with E-state index in [0.29, 0.717) is 23.7 Å². The van der Waals surface area contributed by atoms with Crippen molar-refractivity contribution in [2.24, 2.45) is 5.41 Å². The Balaban J connectivity index is 0.00000220. The number of benzene rings is 1. The molecule has 0 atom stereocenters. The maximum absolute atomic E-state index is 12.4. The van der Waals surface area contributed by atoms with Gasteiger partial charge in [0.05, 0.1) is 18.2 Å². The van der Waals surface area contributed by atoms with E-state index in [1.807, 2.05) is 0 Å². The van der Waals surface area contributed by atoms with E-state index in [-0.39, 0.29) is 23.7 Å². The summed E-state index contributed by atoms with van der Waals surface area (Å²) in [6.45, 7) is 0.609. The molecule has 0 radical (unpaired) electrons. The number of amides is 1. The quantitative estimate of drug-likeness (QED) is 0.792. The van der Waals surface area contributed by atoms with Crippen LogP contribution in [0.3, 0.4) is 0 Å². The van der Waals surface area contributed by atoms with Crippen LogP contribution in [0.15, 0.2) is 18.2 Å². The van der Waals surface area contributed by atoms with Crippen molar-refractivity contribution in [2.75, 3.05) is 31.9 Å². The Bertz CT molecular complexity index is 490. The molecule has 1 aromatic carbocycles. The van der Waals surface area contributed by atoms with Crippen LogP contribution < -0.4 is 15.8 Å². The average Bonchev–Trinajstić information content (AvgIpc) is 2.38. The van der Waals surface area contributed by atoms with Crippen LogP contribution in [-0.4, -0.2) is 26.7 Å². The van der Waals surface area contributed by atoms with Gasteiger partial charge in [0, 0.05) is 19.4 Å². The van der Waals surface area contributed by atoms with Crippen molar-refractivity contribution in [1.29, 1.82) is 0 Å². The van der Waals surface area contributed by atoms with E-state index in [1.165, 1.54) is 0 Å². The molecule has 0 unspecified atom stereocenters. The second-order valence-electron chi connectivity index (χ2n) is 5.29. The smallest absolute Gasteiger partial charge is 0.230 e. The number of carbonyl (C=O) groups excluding carboxylic acids is 1. The summed E-state index contributed by atoms with van der Waals surface area (Å²) in [5, 5.41) is 2.96. The van der Waals surface area contributed by atoms with Crippen LogP contribution in [0, 0.1) is 5.41 Å². The van der Waals surface area contributed by atoms with Crippen molar-refractivity contribution >= 4 is 29.7 Å². The lowest BCUT2D eigenvalue weighted by Crippen LogP contribution is -2.42. The summed E-state index contributed by atoms with van der Waals surface area (Å²) in [6, 6.07) is 5.28. The van der Waals surface area contributed by atoms with E-state index in [4.69, 9.17) is 15.2 Å². The van der Waals surface area contributed by atoms with Gasteiger partial charge in [0.25, 0.3) is 0 Å². The number of nitrogens with one attached hydrogen (secondary N) is 1. The SMILES string of the molecule is COCCC1(C(=O)Nc2ccc(OC)c(N)c2)CCC1.Cl. The van der Waals surface area contributed by atoms with Gasteiger partial charge >= 0.3 is 0 Å². The molecule has 0 aromatic heterocycles. The van der Waals surface area contributed by atoms with Crippen molar-refractivity contribution in [3.8, 4) is 5.75 Å². The molecule has 6 heteroatoms. The van der Waals surface area contributed by atoms with E-state index in [2.05, 4.69) is 5.32 Å². The van der Waals surface area contributed by atoms with E-state index in [9.17, 15) is 4.79 Å². The Hall–Kier alpha value is -1.46. The van der Waals surface area contributed by atoms with Gasteiger partial charge in [-0.25, -0.2) is 0 Å². The molecule has 118 valence electrons. The van der Waals surface area contributed by atoms with Gasteiger partial charge in [0.15, 0.2) is 0 Å². The molecule has 21 heavy (non-hydrogen) atoms. The first-order chi connectivity index (χ1) is 9.61. The molecule has 0 aliphatic heterocycles. The Morgan fingerprint density at radius 3 is 2.57 bits per heavy atom. The minimum absolute atomic E-state index is 0. The fourth-order valence-electron chi connectivity index (χ4n) is 2.57. The van der Waals surface area contributed by atoms with Crippen LogP contribution in [0.2, 0.25) is 0 Å². The summed E-state index contributed by atoms with van der Waals surface area (Å²) in [7, 11) is 3.23. The Kier molecular flexibility index (Phi) is 6.30. The zero-order chi connectivity index (χ0) is 14.6. The molecular formula is C15H23ClN2O3. The highest BCUT2D eigenvalue weighted by molar-refractivity contribution is 5.96. The van der Waals surface area contributed by atoms with Gasteiger partial charge in [-0.15, -0.1) is 12.4 Å². The Labute approximate surface area is 131 Å². The van der Waals surface area contributed by atoms with Crippen LogP contribution in [0.25, 0.3) is 0 Å². The molecule has 1 aliphatic carbocycles. The first-order valence-electron chi connectivity index (χ1n) is 6.85. The van der Waals surface area contributed by atoms with Gasteiger partial charge in [-0.2, -0.15) is 0 Å². The zero-order valence-corrected chi connectivity index (χ0v) is 13.3. The second kappa shape index (κ2) is 7.52. The zero-order valence-electron chi connectivity index (χ0n) is 12.5. The molecule has 1 aromatic rings. The Morgan fingerprint density at radius 2 is 2.10 bits per heavy atom. The maximum atomic E-state index is 12.4. The predicted octanol–water partition coefficient (Wildman–Crippen LogP) is 2.84. The van der Waals surface area contributed by atoms with Gasteiger partial charge in [-0.05, 0) is 37.5 Å². The fourth-order valence-corrected chi connectivity index (χ4v) is 2.57. The minimum atomic E-state index is -0.273. The first kappa shape index (κ1) is 17.6. The summed E-state index contributed by atoms with van der Waals surface area (Å²) in [5.41, 5.74) is 6.80. The first-order valence-corrected chi connectivity index (χ1v) is 6.85. The number of ether oxygens (including phenoxy) is 2. The summed E-state index contributed by atoms with van der Waals surface area (Å²) in [6.07, 6.45) is 3.71. The van der Waals surface area contributed by atoms with Crippen molar-refractivity contribution in [3.05, 3.63) is 18.2 Å². The number of carbonyl (C=O) groups is 1. The van der Waals surface area contributed by atoms with Crippen LogP contribution >= 0.6 is 12.4 Å². The third-order valence-electron chi connectivity index (χ3n) is 4.06. The van der Waals surface area contributed by atoms with Crippen molar-refractivity contribution in [3.63, 3.8) is 0 Å². The minimum Gasteiger partial charge on any atom is -0.495 e. The van der Waals surface area contributed by atoms with Crippen molar-refractivity contribution in [2.45, 2.75) is 25.7 Å². The van der Waals surface area contributed by atoms with E-state index >= 15 is 0 Å². The lowest BCUT2D eigenvalue weighted by Gasteiger charge is -2.40. The van der Waals surface area contributed by atoms with Gasteiger partial charge < -0.3 is 20.5 Å². The number of halogens is 1. The predicted molar refractivity (Wildman–Crippen MR) is 86.1 cm³/mol. The van der Waals surface area contributed by atoms with Crippen molar-refractivity contribution < 1.29 is 14.3 Å². The molecule has 5 nitrogen and oxygen atoms in total. The summed E-state index contributed by atoms with van der Waals surface area (Å²) < 4.78 is 10.2. The molecule has 0 bridgehead atoms. The fraction of sp³-hybridized carbons (Fsp3) is 0.533. The molecule has 1 saturated carbocycles. The largest absolute Gasteiger partial charge is 0.495 e. The lowest BCUT2D eigenvalue weighted by atomic mass is 9.66. The summed E-state index contributed by atoms with van der Waals surface area (Å²) in [4.78, 5) is 12.4. The number of methoxy groups -OCH3 is 2. The van der Waals surface area contributed by atoms with Crippen LogP contribution in [-0.2, 0) is 9.53 Å². The number of nitrogen functional groups attached to an aromatic ring is 1. The monoisotopic (exact) mass is 314 g/mol. The van der Waals surface area contributed by atoms with Gasteiger partial charge in [-0.3, -0.25) is 4.79 Å². The van der Waals surface area contributed by atoms with Gasteiger partial charge in [0.1, 0.15) is 5.75 Å². The number of hydrogen-bond donors (Lipinski definition) is 2. The Morgan fingerprint density at radius 1 is 1.38 bits per heavy atom. The highest BCUT2D eigenvalue weighted by Gasteiger charge is 2.43. The normalized spacial score (nSPS) is 15.5. The summed E-state index contributed by atoms with van der Waals surface area (Å²) in [5.74, 6) is 0.672. The van der Waals surface area contributed by atoms with Crippen LogP contribution in [0.5, 0.6) is 5.75 Å².